The second-order valence-electron chi connectivity index (χ2n) is 2.98. The zero-order valence-electron chi connectivity index (χ0n) is 6.89. The Morgan fingerprint density at radius 2 is 1.85 bits per heavy atom. The first-order valence-corrected chi connectivity index (χ1v) is 5.64. The van der Waals surface area contributed by atoms with Crippen molar-refractivity contribution in [1.82, 2.24) is 0 Å². The van der Waals surface area contributed by atoms with Gasteiger partial charge in [-0.3, -0.25) is 0 Å². The summed E-state index contributed by atoms with van der Waals surface area (Å²) in [6.45, 7) is 1.60. The van der Waals surface area contributed by atoms with E-state index < -0.39 is 0 Å². The molecule has 0 saturated carbocycles. The van der Waals surface area contributed by atoms with Gasteiger partial charge >= 0.3 is 0 Å². The highest BCUT2D eigenvalue weighted by atomic mass is 79.9. The molecule has 2 rings (SSSR count). The maximum atomic E-state index is 5.09. The van der Waals surface area contributed by atoms with Gasteiger partial charge in [0.15, 0.2) is 0 Å². The lowest BCUT2D eigenvalue weighted by atomic mass is 10.2. The van der Waals surface area contributed by atoms with E-state index >= 15 is 0 Å². The zero-order valence-corrected chi connectivity index (χ0v) is 10.1. The summed E-state index contributed by atoms with van der Waals surface area (Å²) >= 11 is 6.99. The van der Waals surface area contributed by atoms with Crippen molar-refractivity contribution in [2.45, 2.75) is 6.04 Å². The fraction of sp³-hybridized carbons (Fsp3) is 0.333. The molecule has 0 aromatic heterocycles. The van der Waals surface area contributed by atoms with Gasteiger partial charge in [0.05, 0.1) is 24.9 Å². The number of hydrogen-bond acceptors (Lipinski definition) is 2. The van der Waals surface area contributed by atoms with Crippen molar-refractivity contribution in [1.29, 1.82) is 0 Å². The van der Waals surface area contributed by atoms with E-state index in [9.17, 15) is 0 Å². The highest BCUT2D eigenvalue weighted by Gasteiger charge is 2.19. The van der Waals surface area contributed by atoms with Crippen molar-refractivity contribution in [2.75, 3.05) is 18.5 Å². The standard InChI is InChI=1S/C9H9Br2NO/c10-7-2-1-3-8(11)9(7)12-6-4-13-5-6/h1-3,6,12H,4-5H2. The largest absolute Gasteiger partial charge is 0.377 e. The number of nitrogens with one attached hydrogen (secondary N) is 1. The summed E-state index contributed by atoms with van der Waals surface area (Å²) < 4.78 is 7.25. The highest BCUT2D eigenvalue weighted by molar-refractivity contribution is 9.11. The monoisotopic (exact) mass is 305 g/mol. The lowest BCUT2D eigenvalue weighted by molar-refractivity contribution is 0.0210. The molecular formula is C9H9Br2NO. The van der Waals surface area contributed by atoms with Crippen LogP contribution in [-0.2, 0) is 4.74 Å². The molecule has 70 valence electrons. The van der Waals surface area contributed by atoms with Crippen molar-refractivity contribution in [3.05, 3.63) is 27.1 Å². The van der Waals surface area contributed by atoms with Crippen molar-refractivity contribution in [3.8, 4) is 0 Å². The van der Waals surface area contributed by atoms with E-state index in [1.807, 2.05) is 18.2 Å². The van der Waals surface area contributed by atoms with Crippen LogP contribution in [0.1, 0.15) is 0 Å². The number of halogens is 2. The molecule has 0 bridgehead atoms. The van der Waals surface area contributed by atoms with Crippen LogP contribution < -0.4 is 5.32 Å². The van der Waals surface area contributed by atoms with Crippen LogP contribution in [0.15, 0.2) is 27.1 Å². The number of para-hydroxylation sites is 1. The molecule has 1 saturated heterocycles. The van der Waals surface area contributed by atoms with Crippen LogP contribution in [0.3, 0.4) is 0 Å². The van der Waals surface area contributed by atoms with Crippen molar-refractivity contribution < 1.29 is 4.74 Å². The van der Waals surface area contributed by atoms with Gasteiger partial charge in [0.2, 0.25) is 0 Å². The van der Waals surface area contributed by atoms with Gasteiger partial charge in [-0.2, -0.15) is 0 Å². The van der Waals surface area contributed by atoms with Gasteiger partial charge in [-0.25, -0.2) is 0 Å². The Hall–Kier alpha value is -0.0600. The number of rotatable bonds is 2. The third-order valence-electron chi connectivity index (χ3n) is 1.95. The number of anilines is 1. The third kappa shape index (κ3) is 2.06. The molecule has 1 N–H and O–H groups in total. The molecule has 0 aliphatic carbocycles. The Morgan fingerprint density at radius 3 is 2.31 bits per heavy atom. The average Bonchev–Trinajstić information content (AvgIpc) is 2.00. The van der Waals surface area contributed by atoms with Crippen LogP contribution in [0.4, 0.5) is 5.69 Å². The van der Waals surface area contributed by atoms with E-state index in [1.54, 1.807) is 0 Å². The topological polar surface area (TPSA) is 21.3 Å². The number of hydrogen-bond donors (Lipinski definition) is 1. The van der Waals surface area contributed by atoms with E-state index in [-0.39, 0.29) is 0 Å². The van der Waals surface area contributed by atoms with Crippen molar-refractivity contribution in [3.63, 3.8) is 0 Å². The molecule has 2 nitrogen and oxygen atoms in total. The SMILES string of the molecule is Brc1cccc(Br)c1NC1COC1. The normalized spacial score (nSPS) is 16.8. The van der Waals surface area contributed by atoms with Gasteiger partial charge in [-0.15, -0.1) is 0 Å². The van der Waals surface area contributed by atoms with E-state index in [2.05, 4.69) is 37.2 Å². The fourth-order valence-electron chi connectivity index (χ4n) is 1.16. The van der Waals surface area contributed by atoms with Crippen LogP contribution in [0.25, 0.3) is 0 Å². The molecule has 0 unspecified atom stereocenters. The molecule has 1 fully saturated rings. The lowest BCUT2D eigenvalue weighted by Crippen LogP contribution is -2.40. The minimum absolute atomic E-state index is 0.454. The predicted octanol–water partition coefficient (Wildman–Crippen LogP) is 3.02. The maximum absolute atomic E-state index is 5.09. The van der Waals surface area contributed by atoms with Gasteiger partial charge in [-0.1, -0.05) is 6.07 Å². The number of ether oxygens (including phenoxy) is 1. The molecule has 1 aromatic carbocycles. The van der Waals surface area contributed by atoms with Gasteiger partial charge < -0.3 is 10.1 Å². The first-order chi connectivity index (χ1) is 6.27. The van der Waals surface area contributed by atoms with Crippen LogP contribution >= 0.6 is 31.9 Å². The minimum Gasteiger partial charge on any atom is -0.377 e. The first-order valence-electron chi connectivity index (χ1n) is 4.05. The number of benzene rings is 1. The van der Waals surface area contributed by atoms with E-state index in [4.69, 9.17) is 4.74 Å². The maximum Gasteiger partial charge on any atom is 0.0729 e. The Kier molecular flexibility index (Phi) is 2.91. The molecule has 4 heteroatoms. The molecule has 1 heterocycles. The molecule has 1 aromatic rings. The summed E-state index contributed by atoms with van der Waals surface area (Å²) in [6.07, 6.45) is 0. The summed E-state index contributed by atoms with van der Waals surface area (Å²) in [7, 11) is 0. The average molecular weight is 307 g/mol. The third-order valence-corrected chi connectivity index (χ3v) is 3.27. The molecule has 0 atom stereocenters. The Bertz CT molecular complexity index is 292. The highest BCUT2D eigenvalue weighted by Crippen LogP contribution is 2.31. The van der Waals surface area contributed by atoms with Gasteiger partial charge in [0.25, 0.3) is 0 Å². The quantitative estimate of drug-likeness (QED) is 0.907. The second-order valence-corrected chi connectivity index (χ2v) is 4.68. The fourth-order valence-corrected chi connectivity index (χ4v) is 2.39. The molecule has 13 heavy (non-hydrogen) atoms. The zero-order chi connectivity index (χ0) is 9.26. The van der Waals surface area contributed by atoms with Crippen molar-refractivity contribution in [2.24, 2.45) is 0 Å². The smallest absolute Gasteiger partial charge is 0.0729 e. The molecule has 1 aliphatic heterocycles. The Labute approximate surface area is 93.9 Å². The lowest BCUT2D eigenvalue weighted by Gasteiger charge is -2.28. The van der Waals surface area contributed by atoms with Gasteiger partial charge in [-0.05, 0) is 44.0 Å². The second kappa shape index (κ2) is 3.98. The molecule has 1 aliphatic rings. The van der Waals surface area contributed by atoms with E-state index in [0.717, 1.165) is 27.8 Å². The van der Waals surface area contributed by atoms with Crippen molar-refractivity contribution >= 4 is 37.5 Å². The van der Waals surface area contributed by atoms with Crippen LogP contribution in [0.2, 0.25) is 0 Å². The Morgan fingerprint density at radius 1 is 1.23 bits per heavy atom. The van der Waals surface area contributed by atoms with E-state index in [0.29, 0.717) is 6.04 Å². The first kappa shape index (κ1) is 9.49. The summed E-state index contributed by atoms with van der Waals surface area (Å²) in [5.74, 6) is 0. The van der Waals surface area contributed by atoms with Gasteiger partial charge in [0, 0.05) is 8.95 Å². The van der Waals surface area contributed by atoms with Gasteiger partial charge in [0.1, 0.15) is 0 Å². The molecule has 0 radical (unpaired) electrons. The van der Waals surface area contributed by atoms with E-state index in [1.165, 1.54) is 0 Å². The summed E-state index contributed by atoms with van der Waals surface area (Å²) in [4.78, 5) is 0. The van der Waals surface area contributed by atoms with Crippen LogP contribution in [0, 0.1) is 0 Å². The minimum atomic E-state index is 0.454. The van der Waals surface area contributed by atoms with Crippen LogP contribution in [0.5, 0.6) is 0 Å². The summed E-state index contributed by atoms with van der Waals surface area (Å²) in [6, 6.07) is 6.49. The summed E-state index contributed by atoms with van der Waals surface area (Å²) in [5, 5.41) is 3.40. The molecule has 0 amide bonds. The van der Waals surface area contributed by atoms with Crippen LogP contribution in [-0.4, -0.2) is 19.3 Å². The molecule has 0 spiro atoms. The Balaban J connectivity index is 2.17. The predicted molar refractivity (Wildman–Crippen MR) is 60.1 cm³/mol. The molecular weight excluding hydrogens is 298 g/mol. The summed E-state index contributed by atoms with van der Waals surface area (Å²) in [5.41, 5.74) is 1.11.